The van der Waals surface area contributed by atoms with Crippen LogP contribution in [-0.4, -0.2) is 16.1 Å². The van der Waals surface area contributed by atoms with Crippen LogP contribution in [0.15, 0.2) is 47.9 Å². The van der Waals surface area contributed by atoms with Crippen LogP contribution in [0.4, 0.5) is 0 Å². The maximum Gasteiger partial charge on any atom is 0.246 e. The van der Waals surface area contributed by atoms with Gasteiger partial charge in [0.2, 0.25) is 11.4 Å². The summed E-state index contributed by atoms with van der Waals surface area (Å²) >= 11 is 0. The van der Waals surface area contributed by atoms with E-state index < -0.39 is 9.85 Å². The molecule has 0 saturated heterocycles. The van der Waals surface area contributed by atoms with Crippen LogP contribution < -0.4 is 0 Å². The van der Waals surface area contributed by atoms with Crippen molar-refractivity contribution in [3.63, 3.8) is 0 Å². The molecule has 0 bridgehead atoms. The summed E-state index contributed by atoms with van der Waals surface area (Å²) in [6.07, 6.45) is 18.5. The molecule has 0 heterocycles. The molecule has 0 saturated carbocycles. The first-order valence-electron chi connectivity index (χ1n) is 9.34. The zero-order chi connectivity index (χ0) is 20.3. The molecular weight excluding hydrogens is 348 g/mol. The number of carbonyl (C=O) groups excluding carboxylic acids is 1. The van der Waals surface area contributed by atoms with Gasteiger partial charge in [0.05, 0.1) is 22.7 Å². The molecular formula is C20H29N2O5. The molecule has 149 valence electrons. The lowest BCUT2D eigenvalue weighted by molar-refractivity contribution is -0.431. The third-order valence-electron chi connectivity index (χ3n) is 3.80. The molecule has 0 aliphatic heterocycles. The van der Waals surface area contributed by atoms with Crippen LogP contribution in [0, 0.1) is 20.2 Å². The number of nitrogens with zero attached hydrogens (tertiary/aromatic N) is 2. The van der Waals surface area contributed by atoms with E-state index in [4.69, 9.17) is 0 Å². The number of allylic oxidation sites excluding steroid dienone is 6. The largest absolute Gasteiger partial charge is 0.291 e. The fourth-order valence-corrected chi connectivity index (χ4v) is 2.29. The molecule has 1 radical (unpaired) electrons. The van der Waals surface area contributed by atoms with Gasteiger partial charge < -0.3 is 0 Å². The highest BCUT2D eigenvalue weighted by atomic mass is 16.6. The third-order valence-corrected chi connectivity index (χ3v) is 3.80. The first-order chi connectivity index (χ1) is 13.0. The molecule has 0 aromatic rings. The van der Waals surface area contributed by atoms with Crippen molar-refractivity contribution < 1.29 is 14.6 Å². The first kappa shape index (κ1) is 24.4. The van der Waals surface area contributed by atoms with Gasteiger partial charge in [-0.15, -0.1) is 0 Å². The minimum atomic E-state index is -0.494. The molecule has 0 fully saturated rings. The summed E-state index contributed by atoms with van der Waals surface area (Å²) in [6, 6.07) is 0. The Morgan fingerprint density at radius 3 is 2.15 bits per heavy atom. The van der Waals surface area contributed by atoms with E-state index in [0.717, 1.165) is 38.5 Å². The van der Waals surface area contributed by atoms with Crippen LogP contribution in [0.3, 0.4) is 0 Å². The van der Waals surface area contributed by atoms with Crippen molar-refractivity contribution in [2.75, 3.05) is 0 Å². The highest BCUT2D eigenvalue weighted by Gasteiger charge is 2.13. The predicted molar refractivity (Wildman–Crippen MR) is 106 cm³/mol. The van der Waals surface area contributed by atoms with Gasteiger partial charge in [0.25, 0.3) is 0 Å². The molecule has 0 aliphatic rings. The summed E-state index contributed by atoms with van der Waals surface area (Å²) in [5, 5.41) is 22.2. The van der Waals surface area contributed by atoms with E-state index in [9.17, 15) is 25.0 Å². The lowest BCUT2D eigenvalue weighted by Crippen LogP contribution is -2.01. The van der Waals surface area contributed by atoms with Crippen molar-refractivity contribution in [1.82, 2.24) is 0 Å². The molecule has 7 heteroatoms. The molecule has 0 amide bonds. The summed E-state index contributed by atoms with van der Waals surface area (Å²) < 4.78 is 0. The summed E-state index contributed by atoms with van der Waals surface area (Å²) in [5.74, 6) is 0. The number of rotatable bonds is 16. The van der Waals surface area contributed by atoms with Gasteiger partial charge >= 0.3 is 0 Å². The van der Waals surface area contributed by atoms with Crippen LogP contribution in [-0.2, 0) is 4.79 Å². The van der Waals surface area contributed by atoms with E-state index in [1.54, 1.807) is 6.08 Å². The van der Waals surface area contributed by atoms with Gasteiger partial charge in [0.15, 0.2) is 6.29 Å². The number of nitro groups is 2. The zero-order valence-corrected chi connectivity index (χ0v) is 16.0. The molecule has 27 heavy (non-hydrogen) atoms. The lowest BCUT2D eigenvalue weighted by atomic mass is 10.1. The minimum Gasteiger partial charge on any atom is -0.291 e. The van der Waals surface area contributed by atoms with Crippen LogP contribution in [0.2, 0.25) is 0 Å². The van der Waals surface area contributed by atoms with Gasteiger partial charge in [-0.2, -0.15) is 0 Å². The van der Waals surface area contributed by atoms with Gasteiger partial charge in [-0.25, -0.2) is 0 Å². The molecule has 0 rings (SSSR count). The minimum absolute atomic E-state index is 0.0355. The highest BCUT2D eigenvalue weighted by Crippen LogP contribution is 2.12. The van der Waals surface area contributed by atoms with Crippen LogP contribution >= 0.6 is 0 Å². The SMILES string of the molecule is CC/C=C/C/C=C(/C/C=C(/C/C=C/CCCCCC[C]=O)[N+](=O)[O-])[N+](=O)[O-]. The molecule has 0 N–H and O–H groups in total. The number of unbranched alkanes of at least 4 members (excludes halogenated alkanes) is 5. The molecule has 0 aromatic carbocycles. The second kappa shape index (κ2) is 16.9. The van der Waals surface area contributed by atoms with E-state index in [2.05, 4.69) is 0 Å². The van der Waals surface area contributed by atoms with E-state index in [1.807, 2.05) is 31.4 Å². The normalized spacial score (nSPS) is 12.8. The Morgan fingerprint density at radius 1 is 0.852 bits per heavy atom. The van der Waals surface area contributed by atoms with Crippen molar-refractivity contribution in [1.29, 1.82) is 0 Å². The molecule has 0 spiro atoms. The maximum absolute atomic E-state index is 11.1. The van der Waals surface area contributed by atoms with Gasteiger partial charge in [-0.05, 0) is 44.3 Å². The van der Waals surface area contributed by atoms with Crippen LogP contribution in [0.1, 0.15) is 71.1 Å². The number of hydrogen-bond acceptors (Lipinski definition) is 5. The van der Waals surface area contributed by atoms with Gasteiger partial charge in [0.1, 0.15) is 0 Å². The third kappa shape index (κ3) is 14.3. The molecule has 0 unspecified atom stereocenters. The average Bonchev–Trinajstić information content (AvgIpc) is 2.63. The van der Waals surface area contributed by atoms with Crippen molar-refractivity contribution in [2.24, 2.45) is 0 Å². The summed E-state index contributed by atoms with van der Waals surface area (Å²) in [6.45, 7) is 1.97. The van der Waals surface area contributed by atoms with Crippen molar-refractivity contribution in [2.45, 2.75) is 71.1 Å². The quantitative estimate of drug-likeness (QED) is 0.154. The van der Waals surface area contributed by atoms with E-state index in [0.29, 0.717) is 12.8 Å². The van der Waals surface area contributed by atoms with Crippen molar-refractivity contribution >= 4 is 6.29 Å². The molecule has 7 nitrogen and oxygen atoms in total. The summed E-state index contributed by atoms with van der Waals surface area (Å²) in [4.78, 5) is 31.3. The summed E-state index contributed by atoms with van der Waals surface area (Å²) in [7, 11) is 0. The monoisotopic (exact) mass is 377 g/mol. The molecule has 0 aromatic heterocycles. The summed E-state index contributed by atoms with van der Waals surface area (Å²) in [5.41, 5.74) is -0.0729. The Morgan fingerprint density at radius 2 is 1.52 bits per heavy atom. The second-order valence-corrected chi connectivity index (χ2v) is 6.00. The Labute approximate surface area is 160 Å². The van der Waals surface area contributed by atoms with Gasteiger partial charge in [-0.3, -0.25) is 25.0 Å². The van der Waals surface area contributed by atoms with Gasteiger partial charge in [-0.1, -0.05) is 44.1 Å². The van der Waals surface area contributed by atoms with Crippen molar-refractivity contribution in [3.05, 3.63) is 68.1 Å². The van der Waals surface area contributed by atoms with Crippen LogP contribution in [0.5, 0.6) is 0 Å². The number of hydrogen-bond donors (Lipinski definition) is 0. The Hall–Kier alpha value is -2.57. The molecule has 0 atom stereocenters. The van der Waals surface area contributed by atoms with E-state index in [-0.39, 0.29) is 24.2 Å². The predicted octanol–water partition coefficient (Wildman–Crippen LogP) is 5.45. The highest BCUT2D eigenvalue weighted by molar-refractivity contribution is 5.50. The maximum atomic E-state index is 11.1. The zero-order valence-electron chi connectivity index (χ0n) is 16.0. The fraction of sp³-hybridized carbons (Fsp3) is 0.550. The fourth-order valence-electron chi connectivity index (χ4n) is 2.29. The van der Waals surface area contributed by atoms with Crippen LogP contribution in [0.25, 0.3) is 0 Å². The van der Waals surface area contributed by atoms with E-state index in [1.165, 1.54) is 12.2 Å². The Balaban J connectivity index is 4.48. The Kier molecular flexibility index (Phi) is 15.3. The van der Waals surface area contributed by atoms with Crippen molar-refractivity contribution in [3.8, 4) is 0 Å². The first-order valence-corrected chi connectivity index (χ1v) is 9.34. The van der Waals surface area contributed by atoms with Gasteiger partial charge in [0, 0.05) is 6.42 Å². The molecule has 0 aliphatic carbocycles. The average molecular weight is 377 g/mol. The van der Waals surface area contributed by atoms with E-state index >= 15 is 0 Å². The lowest BCUT2D eigenvalue weighted by Gasteiger charge is -1.97. The topological polar surface area (TPSA) is 103 Å². The second-order valence-electron chi connectivity index (χ2n) is 6.00. The Bertz CT molecular complexity index is 577. The standard InChI is InChI=1S/C20H29N2O5/c1-2-3-4-11-14-19(21(24)25)16-17-20(22(26)27)15-12-9-7-5-6-8-10-13-18-23/h3-4,9,12,14,17H,2,5-8,10-11,13,15-16H2,1H3/b4-3+,12-9+,19-14-,20-17-. The smallest absolute Gasteiger partial charge is 0.246 e.